The third-order valence-corrected chi connectivity index (χ3v) is 2.73. The predicted octanol–water partition coefficient (Wildman–Crippen LogP) is -0.138. The van der Waals surface area contributed by atoms with Crippen LogP contribution in [0.3, 0.4) is 0 Å². The lowest BCUT2D eigenvalue weighted by Gasteiger charge is -2.39. The van der Waals surface area contributed by atoms with Gasteiger partial charge in [0.25, 0.3) is 0 Å². The topological polar surface area (TPSA) is 49.8 Å². The molecule has 1 heterocycles. The van der Waals surface area contributed by atoms with Crippen LogP contribution >= 0.6 is 0 Å². The Hall–Kier alpha value is -0.610. The molecule has 13 heavy (non-hydrogen) atoms. The first kappa shape index (κ1) is 10.5. The number of methoxy groups -OCH3 is 1. The van der Waals surface area contributed by atoms with Gasteiger partial charge in [-0.2, -0.15) is 0 Å². The van der Waals surface area contributed by atoms with Crippen molar-refractivity contribution in [2.24, 2.45) is 5.92 Å². The second kappa shape index (κ2) is 3.64. The summed E-state index contributed by atoms with van der Waals surface area (Å²) < 4.78 is 4.65. The third kappa shape index (κ3) is 2.19. The molecule has 0 aromatic rings. The molecule has 1 aliphatic rings. The van der Waals surface area contributed by atoms with Crippen molar-refractivity contribution in [2.75, 3.05) is 27.2 Å². The molecule has 0 saturated carbocycles. The molecule has 2 atom stereocenters. The van der Waals surface area contributed by atoms with E-state index in [2.05, 4.69) is 4.74 Å². The SMILES string of the molecule is COC(=O)[C@@H]1CN(C)CC[C@@]1(C)O. The van der Waals surface area contributed by atoms with Gasteiger partial charge in [0.2, 0.25) is 0 Å². The summed E-state index contributed by atoms with van der Waals surface area (Å²) in [5.41, 5.74) is -0.917. The Bertz CT molecular complexity index is 203. The minimum atomic E-state index is -0.917. The summed E-state index contributed by atoms with van der Waals surface area (Å²) in [7, 11) is 3.29. The lowest BCUT2D eigenvalue weighted by atomic mass is 9.83. The number of aliphatic hydroxyl groups is 1. The molecule has 1 rings (SSSR count). The van der Waals surface area contributed by atoms with Crippen LogP contribution in [-0.4, -0.2) is 48.8 Å². The van der Waals surface area contributed by atoms with Gasteiger partial charge in [0.1, 0.15) is 0 Å². The fourth-order valence-electron chi connectivity index (χ4n) is 1.66. The zero-order valence-electron chi connectivity index (χ0n) is 8.41. The maximum atomic E-state index is 11.3. The van der Waals surface area contributed by atoms with E-state index in [1.807, 2.05) is 11.9 Å². The van der Waals surface area contributed by atoms with Gasteiger partial charge in [-0.25, -0.2) is 0 Å². The number of likely N-dealkylation sites (tertiary alicyclic amines) is 1. The molecule has 76 valence electrons. The van der Waals surface area contributed by atoms with Crippen molar-refractivity contribution in [1.29, 1.82) is 0 Å². The fourth-order valence-corrected chi connectivity index (χ4v) is 1.66. The molecule has 1 saturated heterocycles. The molecule has 4 heteroatoms. The van der Waals surface area contributed by atoms with Gasteiger partial charge in [-0.1, -0.05) is 0 Å². The first-order valence-electron chi connectivity index (χ1n) is 4.46. The van der Waals surface area contributed by atoms with Crippen molar-refractivity contribution in [3.05, 3.63) is 0 Å². The second-order valence-corrected chi connectivity index (χ2v) is 3.95. The summed E-state index contributed by atoms with van der Waals surface area (Å²) in [5.74, 6) is -0.743. The third-order valence-electron chi connectivity index (χ3n) is 2.73. The van der Waals surface area contributed by atoms with Crippen LogP contribution in [0.5, 0.6) is 0 Å². The van der Waals surface area contributed by atoms with Crippen LogP contribution in [0.15, 0.2) is 0 Å². The van der Waals surface area contributed by atoms with Gasteiger partial charge < -0.3 is 14.7 Å². The van der Waals surface area contributed by atoms with Crippen molar-refractivity contribution >= 4 is 5.97 Å². The Morgan fingerprint density at radius 2 is 2.31 bits per heavy atom. The van der Waals surface area contributed by atoms with E-state index in [1.54, 1.807) is 6.92 Å². The molecule has 1 aliphatic heterocycles. The lowest BCUT2D eigenvalue weighted by Crippen LogP contribution is -2.52. The quantitative estimate of drug-likeness (QED) is 0.581. The highest BCUT2D eigenvalue weighted by atomic mass is 16.5. The molecule has 0 spiro atoms. The van der Waals surface area contributed by atoms with Crippen LogP contribution in [-0.2, 0) is 9.53 Å². The number of hydrogen-bond donors (Lipinski definition) is 1. The van der Waals surface area contributed by atoms with Crippen LogP contribution in [0.25, 0.3) is 0 Å². The normalized spacial score (nSPS) is 35.8. The molecule has 0 aromatic carbocycles. The zero-order chi connectivity index (χ0) is 10.1. The average molecular weight is 187 g/mol. The Morgan fingerprint density at radius 1 is 1.69 bits per heavy atom. The highest BCUT2D eigenvalue weighted by Crippen LogP contribution is 2.27. The summed E-state index contributed by atoms with van der Waals surface area (Å²) in [5, 5.41) is 9.93. The second-order valence-electron chi connectivity index (χ2n) is 3.95. The van der Waals surface area contributed by atoms with Crippen LogP contribution in [0.2, 0.25) is 0 Å². The summed E-state index contributed by atoms with van der Waals surface area (Å²) in [6.45, 7) is 3.09. The van der Waals surface area contributed by atoms with Gasteiger partial charge in [0.15, 0.2) is 0 Å². The number of piperidine rings is 1. The number of carbonyl (C=O) groups is 1. The Morgan fingerprint density at radius 3 is 2.85 bits per heavy atom. The van der Waals surface area contributed by atoms with E-state index in [4.69, 9.17) is 0 Å². The maximum Gasteiger partial charge on any atom is 0.312 e. The van der Waals surface area contributed by atoms with Gasteiger partial charge in [-0.3, -0.25) is 4.79 Å². The van der Waals surface area contributed by atoms with E-state index < -0.39 is 11.5 Å². The number of hydrogen-bond acceptors (Lipinski definition) is 4. The molecule has 1 N–H and O–H groups in total. The van der Waals surface area contributed by atoms with Gasteiger partial charge >= 0.3 is 5.97 Å². The van der Waals surface area contributed by atoms with Crippen LogP contribution in [0, 0.1) is 5.92 Å². The number of carbonyl (C=O) groups excluding carboxylic acids is 1. The molecular weight excluding hydrogens is 170 g/mol. The number of rotatable bonds is 1. The van der Waals surface area contributed by atoms with E-state index in [0.717, 1.165) is 6.54 Å². The van der Waals surface area contributed by atoms with Crippen molar-refractivity contribution in [3.8, 4) is 0 Å². The van der Waals surface area contributed by atoms with Crippen molar-refractivity contribution in [1.82, 2.24) is 4.90 Å². The predicted molar refractivity (Wildman–Crippen MR) is 48.2 cm³/mol. The average Bonchev–Trinajstić information content (AvgIpc) is 2.08. The molecule has 0 unspecified atom stereocenters. The van der Waals surface area contributed by atoms with Crippen LogP contribution in [0.1, 0.15) is 13.3 Å². The summed E-state index contributed by atoms with van der Waals surface area (Å²) in [6, 6.07) is 0. The summed E-state index contributed by atoms with van der Waals surface area (Å²) in [6.07, 6.45) is 0.614. The highest BCUT2D eigenvalue weighted by molar-refractivity contribution is 5.74. The smallest absolute Gasteiger partial charge is 0.312 e. The first-order valence-corrected chi connectivity index (χ1v) is 4.46. The minimum absolute atomic E-state index is 0.323. The Balaban J connectivity index is 2.72. The van der Waals surface area contributed by atoms with Crippen molar-refractivity contribution in [3.63, 3.8) is 0 Å². The maximum absolute atomic E-state index is 11.3. The number of esters is 1. The van der Waals surface area contributed by atoms with E-state index in [9.17, 15) is 9.90 Å². The number of ether oxygens (including phenoxy) is 1. The molecular formula is C9H17NO3. The fraction of sp³-hybridized carbons (Fsp3) is 0.889. The zero-order valence-corrected chi connectivity index (χ0v) is 8.41. The van der Waals surface area contributed by atoms with Crippen molar-refractivity contribution < 1.29 is 14.6 Å². The van der Waals surface area contributed by atoms with E-state index in [0.29, 0.717) is 13.0 Å². The van der Waals surface area contributed by atoms with Gasteiger partial charge in [-0.15, -0.1) is 0 Å². The number of nitrogens with zero attached hydrogens (tertiary/aromatic N) is 1. The first-order chi connectivity index (χ1) is 5.97. The molecule has 0 amide bonds. The monoisotopic (exact) mass is 187 g/mol. The molecule has 1 fully saturated rings. The summed E-state index contributed by atoms with van der Waals surface area (Å²) in [4.78, 5) is 13.3. The van der Waals surface area contributed by atoms with Crippen LogP contribution < -0.4 is 0 Å². The van der Waals surface area contributed by atoms with E-state index in [1.165, 1.54) is 7.11 Å². The molecule has 0 aromatic heterocycles. The van der Waals surface area contributed by atoms with E-state index >= 15 is 0 Å². The standard InChI is InChI=1S/C9H17NO3/c1-9(12)4-5-10(2)6-7(9)8(11)13-3/h7,12H,4-6H2,1-3H3/t7-,9+/m0/s1. The van der Waals surface area contributed by atoms with E-state index in [-0.39, 0.29) is 5.97 Å². The van der Waals surface area contributed by atoms with Gasteiger partial charge in [0, 0.05) is 13.1 Å². The molecule has 0 aliphatic carbocycles. The highest BCUT2D eigenvalue weighted by Gasteiger charge is 2.41. The van der Waals surface area contributed by atoms with Crippen LogP contribution in [0.4, 0.5) is 0 Å². The molecule has 0 radical (unpaired) electrons. The molecule has 4 nitrogen and oxygen atoms in total. The Kier molecular flexibility index (Phi) is 2.93. The van der Waals surface area contributed by atoms with Crippen molar-refractivity contribution in [2.45, 2.75) is 18.9 Å². The van der Waals surface area contributed by atoms with Gasteiger partial charge in [0.05, 0.1) is 18.6 Å². The summed E-state index contributed by atoms with van der Waals surface area (Å²) >= 11 is 0. The Labute approximate surface area is 78.5 Å². The molecule has 0 bridgehead atoms. The lowest BCUT2D eigenvalue weighted by molar-refractivity contribution is -0.160. The minimum Gasteiger partial charge on any atom is -0.469 e. The largest absolute Gasteiger partial charge is 0.469 e. The van der Waals surface area contributed by atoms with Gasteiger partial charge in [-0.05, 0) is 20.4 Å².